The van der Waals surface area contributed by atoms with Gasteiger partial charge in [0.25, 0.3) is 0 Å². The molecule has 0 saturated heterocycles. The second-order valence-electron chi connectivity index (χ2n) is 5.82. The van der Waals surface area contributed by atoms with Gasteiger partial charge < -0.3 is 14.7 Å². The smallest absolute Gasteiger partial charge is 0.313 e. The van der Waals surface area contributed by atoms with Crippen LogP contribution in [-0.4, -0.2) is 28.8 Å². The van der Waals surface area contributed by atoms with Gasteiger partial charge in [0.05, 0.1) is 11.2 Å². The molecule has 0 unspecified atom stereocenters. The number of rotatable bonds is 4. The molecular formula is C14H19BFNO2. The predicted molar refractivity (Wildman–Crippen MR) is 76.5 cm³/mol. The lowest BCUT2D eigenvalue weighted by atomic mass is 9.81. The molecule has 0 amide bonds. The molecule has 2 rings (SSSR count). The van der Waals surface area contributed by atoms with Crippen LogP contribution in [-0.2, 0) is 4.65 Å². The summed E-state index contributed by atoms with van der Waals surface area (Å²) in [4.78, 5) is 3.04. The van der Waals surface area contributed by atoms with Crippen molar-refractivity contribution in [1.82, 2.24) is 4.98 Å². The molecule has 0 saturated carbocycles. The summed E-state index contributed by atoms with van der Waals surface area (Å²) in [6.07, 6.45) is 1.77. The molecule has 1 aromatic carbocycles. The van der Waals surface area contributed by atoms with Gasteiger partial charge in [0.2, 0.25) is 0 Å². The van der Waals surface area contributed by atoms with Gasteiger partial charge >= 0.3 is 7.48 Å². The summed E-state index contributed by atoms with van der Waals surface area (Å²) in [6.45, 7) is 6.95. The Balaban J connectivity index is 2.27. The van der Waals surface area contributed by atoms with E-state index in [1.807, 2.05) is 6.07 Å². The van der Waals surface area contributed by atoms with Gasteiger partial charge in [-0.3, -0.25) is 0 Å². The molecule has 3 nitrogen and oxygen atoms in total. The van der Waals surface area contributed by atoms with E-state index in [0.717, 1.165) is 10.9 Å². The fraction of sp³-hybridized carbons (Fsp3) is 0.429. The summed E-state index contributed by atoms with van der Waals surface area (Å²) >= 11 is 0. The number of aliphatic hydroxyl groups is 1. The van der Waals surface area contributed by atoms with E-state index in [1.54, 1.807) is 40.0 Å². The summed E-state index contributed by atoms with van der Waals surface area (Å²) in [5, 5.41) is 10.9. The van der Waals surface area contributed by atoms with Crippen molar-refractivity contribution in [3.8, 4) is 0 Å². The van der Waals surface area contributed by atoms with Crippen LogP contribution in [0.25, 0.3) is 10.9 Å². The minimum atomic E-state index is -1.00. The molecule has 0 atom stereocenters. The Hall–Kier alpha value is -1.33. The van der Waals surface area contributed by atoms with Gasteiger partial charge in [-0.25, -0.2) is 4.39 Å². The van der Waals surface area contributed by atoms with Crippen LogP contribution >= 0.6 is 0 Å². The van der Waals surface area contributed by atoms with Gasteiger partial charge in [0, 0.05) is 11.7 Å². The summed E-state index contributed by atoms with van der Waals surface area (Å²) in [7, 11) is 0.123. The van der Waals surface area contributed by atoms with Crippen LogP contribution < -0.4 is 5.46 Å². The fourth-order valence-corrected chi connectivity index (χ4v) is 1.74. The number of H-pyrrole nitrogens is 1. The van der Waals surface area contributed by atoms with E-state index in [4.69, 9.17) is 4.65 Å². The average Bonchev–Trinajstić information content (AvgIpc) is 2.74. The quantitative estimate of drug-likeness (QED) is 0.827. The number of aromatic nitrogens is 1. The Morgan fingerprint density at radius 1 is 1.21 bits per heavy atom. The van der Waals surface area contributed by atoms with Crippen molar-refractivity contribution >= 4 is 23.8 Å². The van der Waals surface area contributed by atoms with Crippen molar-refractivity contribution in [1.29, 1.82) is 0 Å². The summed E-state index contributed by atoms with van der Waals surface area (Å²) in [5.41, 5.74) is -0.384. The highest BCUT2D eigenvalue weighted by molar-refractivity contribution is 6.51. The van der Waals surface area contributed by atoms with Crippen LogP contribution in [0, 0.1) is 5.82 Å². The Labute approximate surface area is 113 Å². The molecule has 19 heavy (non-hydrogen) atoms. The van der Waals surface area contributed by atoms with E-state index < -0.39 is 11.2 Å². The molecule has 2 aromatic rings. The zero-order chi connectivity index (χ0) is 14.3. The van der Waals surface area contributed by atoms with Crippen molar-refractivity contribution in [3.05, 3.63) is 30.2 Å². The first kappa shape index (κ1) is 14.1. The van der Waals surface area contributed by atoms with Crippen molar-refractivity contribution in [2.45, 2.75) is 38.9 Å². The first-order chi connectivity index (χ1) is 8.72. The van der Waals surface area contributed by atoms with Gasteiger partial charge in [-0.15, -0.1) is 0 Å². The lowest BCUT2D eigenvalue weighted by Crippen LogP contribution is -2.49. The minimum Gasteiger partial charge on any atom is -0.427 e. The summed E-state index contributed by atoms with van der Waals surface area (Å²) in [6, 6.07) is 4.96. The maximum Gasteiger partial charge on any atom is 0.313 e. The second-order valence-corrected chi connectivity index (χ2v) is 5.82. The lowest BCUT2D eigenvalue weighted by Gasteiger charge is -2.37. The Morgan fingerprint density at radius 2 is 1.89 bits per heavy atom. The van der Waals surface area contributed by atoms with Gasteiger partial charge in [-0.05, 0) is 56.7 Å². The van der Waals surface area contributed by atoms with E-state index >= 15 is 0 Å². The maximum absolute atomic E-state index is 13.9. The molecule has 0 spiro atoms. The number of hydrogen-bond acceptors (Lipinski definition) is 2. The van der Waals surface area contributed by atoms with E-state index in [0.29, 0.717) is 5.46 Å². The standard InChI is InChI=1S/C14H19BFNO2/c1-13(2,18)14(3,4)19-15-12-9-7-8-17-11(9)6-5-10(12)16/h5-8,15,17-18H,1-4H3. The molecule has 0 fully saturated rings. The lowest BCUT2D eigenvalue weighted by molar-refractivity contribution is -0.0893. The monoisotopic (exact) mass is 263 g/mol. The van der Waals surface area contributed by atoms with E-state index in [9.17, 15) is 9.50 Å². The van der Waals surface area contributed by atoms with Gasteiger partial charge in [-0.1, -0.05) is 0 Å². The number of nitrogens with one attached hydrogen (secondary N) is 1. The third-order valence-electron chi connectivity index (χ3n) is 3.84. The number of fused-ring (bicyclic) bond motifs is 1. The molecule has 5 heteroatoms. The van der Waals surface area contributed by atoms with Gasteiger partial charge in [-0.2, -0.15) is 0 Å². The van der Waals surface area contributed by atoms with Crippen LogP contribution in [0.3, 0.4) is 0 Å². The highest BCUT2D eigenvalue weighted by Gasteiger charge is 2.36. The largest absolute Gasteiger partial charge is 0.427 e. The average molecular weight is 263 g/mol. The van der Waals surface area contributed by atoms with Crippen LogP contribution in [0.5, 0.6) is 0 Å². The fourth-order valence-electron chi connectivity index (χ4n) is 1.74. The topological polar surface area (TPSA) is 45.2 Å². The highest BCUT2D eigenvalue weighted by atomic mass is 19.1. The van der Waals surface area contributed by atoms with E-state index in [1.165, 1.54) is 6.07 Å². The Morgan fingerprint density at radius 3 is 2.53 bits per heavy atom. The SMILES string of the molecule is CC(C)(O)C(C)(C)OBc1c(F)ccc2[nH]ccc12. The first-order valence-corrected chi connectivity index (χ1v) is 6.33. The number of benzene rings is 1. The third kappa shape index (κ3) is 2.67. The van der Waals surface area contributed by atoms with Gasteiger partial charge in [0.15, 0.2) is 0 Å². The minimum absolute atomic E-state index is 0.123. The molecule has 0 bridgehead atoms. The molecule has 1 aromatic heterocycles. The zero-order valence-electron chi connectivity index (χ0n) is 11.7. The van der Waals surface area contributed by atoms with Crippen molar-refractivity contribution in [2.75, 3.05) is 0 Å². The summed E-state index contributed by atoms with van der Waals surface area (Å²) < 4.78 is 19.6. The van der Waals surface area contributed by atoms with Crippen LogP contribution in [0.1, 0.15) is 27.7 Å². The van der Waals surface area contributed by atoms with Crippen molar-refractivity contribution < 1.29 is 14.2 Å². The van der Waals surface area contributed by atoms with Crippen LogP contribution in [0.2, 0.25) is 0 Å². The molecule has 0 aliphatic carbocycles. The molecule has 1 heterocycles. The zero-order valence-corrected chi connectivity index (χ0v) is 11.7. The first-order valence-electron chi connectivity index (χ1n) is 6.33. The molecule has 102 valence electrons. The molecular weight excluding hydrogens is 244 g/mol. The van der Waals surface area contributed by atoms with Gasteiger partial charge in [0.1, 0.15) is 5.82 Å². The second kappa shape index (κ2) is 4.65. The molecule has 2 N–H and O–H groups in total. The van der Waals surface area contributed by atoms with Crippen LogP contribution in [0.15, 0.2) is 24.4 Å². The van der Waals surface area contributed by atoms with Crippen molar-refractivity contribution in [3.63, 3.8) is 0 Å². The van der Waals surface area contributed by atoms with Crippen LogP contribution in [0.4, 0.5) is 4.39 Å². The Kier molecular flexibility index (Phi) is 3.45. The third-order valence-corrected chi connectivity index (χ3v) is 3.84. The number of halogens is 1. The Bertz CT molecular complexity index is 587. The number of hydrogen-bond donors (Lipinski definition) is 2. The summed E-state index contributed by atoms with van der Waals surface area (Å²) in [5.74, 6) is -0.293. The normalized spacial score (nSPS) is 12.9. The number of aromatic amines is 1. The molecule has 0 radical (unpaired) electrons. The van der Waals surface area contributed by atoms with E-state index in [2.05, 4.69) is 4.98 Å². The highest BCUT2D eigenvalue weighted by Crippen LogP contribution is 2.24. The molecule has 0 aliphatic heterocycles. The predicted octanol–water partition coefficient (Wildman–Crippen LogP) is 1.85. The molecule has 0 aliphatic rings. The van der Waals surface area contributed by atoms with Crippen molar-refractivity contribution in [2.24, 2.45) is 0 Å². The maximum atomic E-state index is 13.9. The van der Waals surface area contributed by atoms with E-state index in [-0.39, 0.29) is 13.3 Å².